The van der Waals surface area contributed by atoms with E-state index in [4.69, 9.17) is 0 Å². The van der Waals surface area contributed by atoms with Crippen LogP contribution in [-0.4, -0.2) is 25.8 Å². The van der Waals surface area contributed by atoms with Crippen molar-refractivity contribution in [2.45, 2.75) is 18.2 Å². The third-order valence-electron chi connectivity index (χ3n) is 4.63. The number of carbonyl (C=O) groups is 1. The van der Waals surface area contributed by atoms with Gasteiger partial charge < -0.3 is 5.32 Å². The molecule has 0 aliphatic heterocycles. The van der Waals surface area contributed by atoms with Gasteiger partial charge in [0.25, 0.3) is 21.6 Å². The molecule has 0 saturated heterocycles. The fourth-order valence-corrected chi connectivity index (χ4v) is 4.37. The maximum absolute atomic E-state index is 12.9. The summed E-state index contributed by atoms with van der Waals surface area (Å²) >= 11 is 0. The van der Waals surface area contributed by atoms with Crippen molar-refractivity contribution < 1.29 is 18.1 Å². The van der Waals surface area contributed by atoms with Gasteiger partial charge in [0, 0.05) is 18.7 Å². The number of rotatable bonds is 8. The molecule has 31 heavy (non-hydrogen) atoms. The number of sulfonamides is 1. The van der Waals surface area contributed by atoms with Crippen molar-refractivity contribution in [3.05, 3.63) is 99.6 Å². The number of nitrogens with zero attached hydrogens (tertiary/aromatic N) is 1. The largest absolute Gasteiger partial charge is 0.352 e. The highest BCUT2D eigenvalue weighted by Crippen LogP contribution is 2.25. The van der Waals surface area contributed by atoms with Gasteiger partial charge >= 0.3 is 0 Å². The molecule has 0 radical (unpaired) electrons. The Labute approximate surface area is 180 Å². The van der Waals surface area contributed by atoms with Crippen LogP contribution in [0.5, 0.6) is 0 Å². The fraction of sp³-hybridized carbons (Fsp3) is 0.136. The Kier molecular flexibility index (Phi) is 6.66. The Balaban J connectivity index is 1.79. The number of aryl methyl sites for hydroxylation is 1. The van der Waals surface area contributed by atoms with Crippen molar-refractivity contribution in [3.63, 3.8) is 0 Å². The van der Waals surface area contributed by atoms with Crippen LogP contribution in [0.25, 0.3) is 0 Å². The van der Waals surface area contributed by atoms with E-state index in [1.54, 1.807) is 19.1 Å². The second-order valence-corrected chi connectivity index (χ2v) is 8.50. The number of amides is 1. The second-order valence-electron chi connectivity index (χ2n) is 6.85. The van der Waals surface area contributed by atoms with E-state index in [0.29, 0.717) is 18.5 Å². The summed E-state index contributed by atoms with van der Waals surface area (Å²) in [5.74, 6) is -0.426. The van der Waals surface area contributed by atoms with Crippen LogP contribution in [0.3, 0.4) is 0 Å². The number of non-ortho nitro benzene ring substituents is 1. The molecule has 0 fully saturated rings. The molecular formula is C22H21N3O5S. The number of nitro benzene ring substituents is 1. The Morgan fingerprint density at radius 3 is 2.39 bits per heavy atom. The van der Waals surface area contributed by atoms with E-state index in [9.17, 15) is 23.3 Å². The Morgan fingerprint density at radius 1 is 1.00 bits per heavy atom. The third-order valence-corrected chi connectivity index (χ3v) is 6.14. The average molecular weight is 439 g/mol. The van der Waals surface area contributed by atoms with E-state index in [-0.39, 0.29) is 21.8 Å². The molecular weight excluding hydrogens is 418 g/mol. The summed E-state index contributed by atoms with van der Waals surface area (Å²) in [6, 6.07) is 19.5. The van der Waals surface area contributed by atoms with Gasteiger partial charge in [-0.2, -0.15) is 0 Å². The summed E-state index contributed by atoms with van der Waals surface area (Å²) in [6.07, 6.45) is 0.632. The molecule has 8 nitrogen and oxygen atoms in total. The minimum absolute atomic E-state index is 0.0885. The summed E-state index contributed by atoms with van der Waals surface area (Å²) in [5, 5.41) is 13.8. The Bertz CT molecular complexity index is 1210. The molecule has 0 aliphatic rings. The predicted octanol–water partition coefficient (Wildman–Crippen LogP) is 3.68. The van der Waals surface area contributed by atoms with E-state index in [1.165, 1.54) is 24.3 Å². The Hall–Kier alpha value is -3.72. The molecule has 0 bridgehead atoms. The number of carbonyl (C=O) groups excluding carboxylic acids is 1. The van der Waals surface area contributed by atoms with E-state index in [1.807, 2.05) is 30.3 Å². The zero-order valence-electron chi connectivity index (χ0n) is 16.7. The molecule has 0 heterocycles. The highest BCUT2D eigenvalue weighted by atomic mass is 32.2. The fourth-order valence-electron chi connectivity index (χ4n) is 3.02. The summed E-state index contributed by atoms with van der Waals surface area (Å²) < 4.78 is 28.2. The molecule has 0 unspecified atom stereocenters. The average Bonchev–Trinajstić information content (AvgIpc) is 2.74. The molecule has 0 saturated carbocycles. The van der Waals surface area contributed by atoms with Gasteiger partial charge in [-0.15, -0.1) is 0 Å². The lowest BCUT2D eigenvalue weighted by molar-refractivity contribution is -0.385. The maximum Gasteiger partial charge on any atom is 0.270 e. The van der Waals surface area contributed by atoms with Crippen LogP contribution in [0.1, 0.15) is 21.5 Å². The standard InChI is InChI=1S/C22H21N3O5S/c1-16-11-12-18(25(27)28)15-21(16)31(29,30)24-20-10-6-5-9-19(20)22(26)23-14-13-17-7-3-2-4-8-17/h2-12,15,24H,13-14H2,1H3,(H,23,26). The second kappa shape index (κ2) is 9.40. The quantitative estimate of drug-likeness (QED) is 0.410. The lowest BCUT2D eigenvalue weighted by Gasteiger charge is -2.14. The van der Waals surface area contributed by atoms with E-state index in [2.05, 4.69) is 10.0 Å². The molecule has 160 valence electrons. The Morgan fingerprint density at radius 2 is 1.68 bits per heavy atom. The zero-order valence-corrected chi connectivity index (χ0v) is 17.6. The number of benzene rings is 3. The molecule has 0 spiro atoms. The molecule has 3 aromatic rings. The van der Waals surface area contributed by atoms with Crippen LogP contribution in [0, 0.1) is 17.0 Å². The highest BCUT2D eigenvalue weighted by Gasteiger charge is 2.22. The van der Waals surface area contributed by atoms with Gasteiger partial charge in [-0.3, -0.25) is 19.6 Å². The summed E-state index contributed by atoms with van der Waals surface area (Å²) in [7, 11) is -4.15. The first-order chi connectivity index (χ1) is 14.8. The monoisotopic (exact) mass is 439 g/mol. The molecule has 1 amide bonds. The van der Waals surface area contributed by atoms with Crippen LogP contribution >= 0.6 is 0 Å². The SMILES string of the molecule is Cc1ccc([N+](=O)[O-])cc1S(=O)(=O)Nc1ccccc1C(=O)NCCc1ccccc1. The van der Waals surface area contributed by atoms with Crippen molar-refractivity contribution in [2.75, 3.05) is 11.3 Å². The van der Waals surface area contributed by atoms with Crippen molar-refractivity contribution in [1.29, 1.82) is 0 Å². The lowest BCUT2D eigenvalue weighted by Crippen LogP contribution is -2.27. The highest BCUT2D eigenvalue weighted by molar-refractivity contribution is 7.92. The number of hydrogen-bond acceptors (Lipinski definition) is 5. The van der Waals surface area contributed by atoms with Crippen LogP contribution in [0.4, 0.5) is 11.4 Å². The van der Waals surface area contributed by atoms with Gasteiger partial charge in [-0.05, 0) is 36.6 Å². The van der Waals surface area contributed by atoms with E-state index < -0.39 is 20.9 Å². The van der Waals surface area contributed by atoms with Crippen LogP contribution in [-0.2, 0) is 16.4 Å². The summed E-state index contributed by atoms with van der Waals surface area (Å²) in [5.41, 5.74) is 1.33. The van der Waals surface area contributed by atoms with Crippen LogP contribution in [0.2, 0.25) is 0 Å². The van der Waals surface area contributed by atoms with Crippen molar-refractivity contribution in [3.8, 4) is 0 Å². The number of hydrogen-bond donors (Lipinski definition) is 2. The third kappa shape index (κ3) is 5.46. The molecule has 0 aromatic heterocycles. The first-order valence-electron chi connectivity index (χ1n) is 9.47. The van der Waals surface area contributed by atoms with Gasteiger partial charge in [-0.25, -0.2) is 8.42 Å². The molecule has 0 atom stereocenters. The van der Waals surface area contributed by atoms with Gasteiger partial charge in [0.15, 0.2) is 0 Å². The lowest BCUT2D eigenvalue weighted by atomic mass is 10.1. The minimum atomic E-state index is -4.15. The van der Waals surface area contributed by atoms with Crippen molar-refractivity contribution in [2.24, 2.45) is 0 Å². The normalized spacial score (nSPS) is 11.0. The van der Waals surface area contributed by atoms with Gasteiger partial charge in [0.05, 0.1) is 21.1 Å². The molecule has 0 aliphatic carbocycles. The maximum atomic E-state index is 12.9. The van der Waals surface area contributed by atoms with Crippen molar-refractivity contribution in [1.82, 2.24) is 5.32 Å². The van der Waals surface area contributed by atoms with Gasteiger partial charge in [-0.1, -0.05) is 48.5 Å². The smallest absolute Gasteiger partial charge is 0.270 e. The number of nitrogens with one attached hydrogen (secondary N) is 2. The van der Waals surface area contributed by atoms with E-state index >= 15 is 0 Å². The first kappa shape index (κ1) is 22.0. The van der Waals surface area contributed by atoms with Gasteiger partial charge in [0.2, 0.25) is 0 Å². The van der Waals surface area contributed by atoms with Crippen LogP contribution < -0.4 is 10.0 Å². The topological polar surface area (TPSA) is 118 Å². The number of nitro groups is 1. The zero-order chi connectivity index (χ0) is 22.4. The molecule has 9 heteroatoms. The summed E-state index contributed by atoms with van der Waals surface area (Å²) in [4.78, 5) is 22.8. The number of para-hydroxylation sites is 1. The molecule has 3 aromatic carbocycles. The van der Waals surface area contributed by atoms with Crippen molar-refractivity contribution >= 4 is 27.3 Å². The first-order valence-corrected chi connectivity index (χ1v) is 11.0. The molecule has 3 rings (SSSR count). The van der Waals surface area contributed by atoms with Gasteiger partial charge in [0.1, 0.15) is 0 Å². The number of anilines is 1. The molecule has 2 N–H and O–H groups in total. The summed E-state index contributed by atoms with van der Waals surface area (Å²) in [6.45, 7) is 1.93. The van der Waals surface area contributed by atoms with Crippen LogP contribution in [0.15, 0.2) is 77.7 Å². The predicted molar refractivity (Wildman–Crippen MR) is 118 cm³/mol. The minimum Gasteiger partial charge on any atom is -0.352 e. The van der Waals surface area contributed by atoms with E-state index in [0.717, 1.165) is 11.6 Å².